The van der Waals surface area contributed by atoms with Crippen LogP contribution < -0.4 is 4.72 Å². The minimum Gasteiger partial charge on any atom is -0.280 e. The van der Waals surface area contributed by atoms with Gasteiger partial charge in [0.05, 0.1) is 16.0 Å². The fourth-order valence-corrected chi connectivity index (χ4v) is 3.23. The zero-order valence-electron chi connectivity index (χ0n) is 11.9. The maximum Gasteiger partial charge on any atom is 0.419 e. The van der Waals surface area contributed by atoms with Crippen molar-refractivity contribution < 1.29 is 39.2 Å². The fraction of sp³-hybridized carbons (Fsp3) is 0.143. The molecule has 3 nitrogen and oxygen atoms in total. The second kappa shape index (κ2) is 6.21. The van der Waals surface area contributed by atoms with E-state index in [0.717, 1.165) is 12.1 Å². The number of hydrogen-bond acceptors (Lipinski definition) is 2. The minimum atomic E-state index is -5.10. The smallest absolute Gasteiger partial charge is 0.280 e. The molecule has 2 aromatic rings. The summed E-state index contributed by atoms with van der Waals surface area (Å²) in [7, 11) is -4.86. The number of benzene rings is 2. The largest absolute Gasteiger partial charge is 0.419 e. The fourth-order valence-electron chi connectivity index (χ4n) is 1.95. The molecule has 136 valence electrons. The van der Waals surface area contributed by atoms with Gasteiger partial charge in [0.25, 0.3) is 10.0 Å². The Morgan fingerprint density at radius 3 is 1.92 bits per heavy atom. The molecule has 2 rings (SSSR count). The van der Waals surface area contributed by atoms with Gasteiger partial charge in [-0.1, -0.05) is 12.1 Å². The normalized spacial score (nSPS) is 12.9. The van der Waals surface area contributed by atoms with Crippen LogP contribution in [0.1, 0.15) is 11.1 Å². The van der Waals surface area contributed by atoms with Crippen LogP contribution in [-0.2, 0) is 22.4 Å². The summed E-state index contributed by atoms with van der Waals surface area (Å²) in [6, 6.07) is 4.33. The lowest BCUT2D eigenvalue weighted by Gasteiger charge is -2.15. The summed E-state index contributed by atoms with van der Waals surface area (Å²) < 4.78 is 116. The van der Waals surface area contributed by atoms with E-state index in [1.807, 2.05) is 0 Å². The molecule has 0 aliphatic heterocycles. The molecule has 25 heavy (non-hydrogen) atoms. The van der Waals surface area contributed by atoms with Crippen molar-refractivity contribution in [2.45, 2.75) is 17.2 Å². The Kier molecular flexibility index (Phi) is 4.73. The van der Waals surface area contributed by atoms with E-state index >= 15 is 0 Å². The Bertz CT molecular complexity index is 889. The molecule has 2 aromatic carbocycles. The molecule has 0 fully saturated rings. The lowest BCUT2D eigenvalue weighted by molar-refractivity contribution is -0.140. The molecule has 0 heterocycles. The lowest BCUT2D eigenvalue weighted by Crippen LogP contribution is -2.19. The molecular formula is C14H8F7NO2S. The molecule has 0 radical (unpaired) electrons. The van der Waals surface area contributed by atoms with Gasteiger partial charge in [0.1, 0.15) is 5.82 Å². The highest BCUT2D eigenvalue weighted by molar-refractivity contribution is 7.92. The van der Waals surface area contributed by atoms with Crippen LogP contribution in [0.5, 0.6) is 0 Å². The first-order chi connectivity index (χ1) is 11.3. The van der Waals surface area contributed by atoms with Crippen LogP contribution in [0.4, 0.5) is 36.4 Å². The van der Waals surface area contributed by atoms with Crippen molar-refractivity contribution in [1.29, 1.82) is 0 Å². The standard InChI is InChI=1S/C14H8F7NO2S/c15-11-6-5-8(7-10(11)14(19,20)21)22-25(23,24)12-4-2-1-3-9(12)13(16,17)18/h1-7,22H. The van der Waals surface area contributed by atoms with Gasteiger partial charge in [-0.05, 0) is 30.3 Å². The third kappa shape index (κ3) is 4.21. The third-order valence-electron chi connectivity index (χ3n) is 3.01. The van der Waals surface area contributed by atoms with Crippen molar-refractivity contribution in [3.63, 3.8) is 0 Å². The van der Waals surface area contributed by atoms with E-state index in [1.165, 1.54) is 0 Å². The molecule has 0 atom stereocenters. The van der Waals surface area contributed by atoms with Crippen LogP contribution in [0.2, 0.25) is 0 Å². The van der Waals surface area contributed by atoms with Crippen LogP contribution in [0.3, 0.4) is 0 Å². The van der Waals surface area contributed by atoms with Crippen molar-refractivity contribution in [2.24, 2.45) is 0 Å². The van der Waals surface area contributed by atoms with Gasteiger partial charge >= 0.3 is 12.4 Å². The number of halogens is 7. The Morgan fingerprint density at radius 2 is 1.36 bits per heavy atom. The van der Waals surface area contributed by atoms with Gasteiger partial charge in [-0.2, -0.15) is 26.3 Å². The zero-order chi connectivity index (χ0) is 19.0. The third-order valence-corrected chi connectivity index (χ3v) is 4.45. The van der Waals surface area contributed by atoms with Gasteiger partial charge in [-0.3, -0.25) is 4.72 Å². The summed E-state index contributed by atoms with van der Waals surface area (Å²) in [4.78, 5) is -1.17. The summed E-state index contributed by atoms with van der Waals surface area (Å²) in [5.74, 6) is -1.65. The average Bonchev–Trinajstić information content (AvgIpc) is 2.47. The summed E-state index contributed by atoms with van der Waals surface area (Å²) in [5.41, 5.74) is -3.97. The number of rotatable bonds is 3. The highest BCUT2D eigenvalue weighted by Crippen LogP contribution is 2.36. The Labute approximate surface area is 137 Å². The molecule has 0 bridgehead atoms. The molecule has 1 N–H and O–H groups in total. The zero-order valence-corrected chi connectivity index (χ0v) is 12.7. The highest BCUT2D eigenvalue weighted by atomic mass is 32.2. The molecule has 0 amide bonds. The number of anilines is 1. The SMILES string of the molecule is O=S(=O)(Nc1ccc(F)c(C(F)(F)F)c1)c1ccccc1C(F)(F)F. The van der Waals surface area contributed by atoms with E-state index in [0.29, 0.717) is 24.3 Å². The summed E-state index contributed by atoms with van der Waals surface area (Å²) in [5, 5.41) is 0. The predicted molar refractivity (Wildman–Crippen MR) is 73.7 cm³/mol. The Hall–Kier alpha value is -2.30. The van der Waals surface area contributed by atoms with Crippen LogP contribution >= 0.6 is 0 Å². The molecule has 0 saturated carbocycles. The molecule has 0 spiro atoms. The summed E-state index contributed by atoms with van der Waals surface area (Å²) >= 11 is 0. The van der Waals surface area contributed by atoms with Gasteiger partial charge in [0, 0.05) is 5.69 Å². The second-order valence-electron chi connectivity index (χ2n) is 4.79. The van der Waals surface area contributed by atoms with Crippen molar-refractivity contribution in [3.8, 4) is 0 Å². The van der Waals surface area contributed by atoms with Gasteiger partial charge in [0.2, 0.25) is 0 Å². The van der Waals surface area contributed by atoms with Gasteiger partial charge in [-0.15, -0.1) is 0 Å². The van der Waals surface area contributed by atoms with Gasteiger partial charge < -0.3 is 0 Å². The quantitative estimate of drug-likeness (QED) is 0.779. The first kappa shape index (κ1) is 19.0. The molecular weight excluding hydrogens is 379 g/mol. The van der Waals surface area contributed by atoms with Crippen molar-refractivity contribution >= 4 is 15.7 Å². The topological polar surface area (TPSA) is 46.2 Å². The summed E-state index contributed by atoms with van der Waals surface area (Å²) in [6.45, 7) is 0. The summed E-state index contributed by atoms with van der Waals surface area (Å²) in [6.07, 6.45) is -10.1. The number of sulfonamides is 1. The second-order valence-corrected chi connectivity index (χ2v) is 6.44. The van der Waals surface area contributed by atoms with Crippen LogP contribution in [-0.4, -0.2) is 8.42 Å². The number of alkyl halides is 6. The van der Waals surface area contributed by atoms with E-state index in [2.05, 4.69) is 0 Å². The maximum atomic E-state index is 13.2. The van der Waals surface area contributed by atoms with E-state index in [9.17, 15) is 39.2 Å². The number of nitrogens with one attached hydrogen (secondary N) is 1. The van der Waals surface area contributed by atoms with Gasteiger partial charge in [-0.25, -0.2) is 12.8 Å². The molecule has 11 heteroatoms. The van der Waals surface area contributed by atoms with Crippen molar-refractivity contribution in [3.05, 3.63) is 59.4 Å². The predicted octanol–water partition coefficient (Wildman–Crippen LogP) is 4.66. The van der Waals surface area contributed by atoms with Crippen LogP contribution in [0, 0.1) is 5.82 Å². The molecule has 0 unspecified atom stereocenters. The maximum absolute atomic E-state index is 13.2. The van der Waals surface area contributed by atoms with E-state index in [1.54, 1.807) is 4.72 Å². The monoisotopic (exact) mass is 387 g/mol. The first-order valence-corrected chi connectivity index (χ1v) is 7.86. The Balaban J connectivity index is 2.48. The van der Waals surface area contributed by atoms with E-state index in [4.69, 9.17) is 0 Å². The Morgan fingerprint density at radius 1 is 0.800 bits per heavy atom. The average molecular weight is 387 g/mol. The van der Waals surface area contributed by atoms with Crippen molar-refractivity contribution in [2.75, 3.05) is 4.72 Å². The molecule has 0 aromatic heterocycles. The van der Waals surface area contributed by atoms with Gasteiger partial charge in [0.15, 0.2) is 0 Å². The van der Waals surface area contributed by atoms with E-state index in [-0.39, 0.29) is 6.07 Å². The lowest BCUT2D eigenvalue weighted by atomic mass is 10.2. The molecule has 0 saturated heterocycles. The van der Waals surface area contributed by atoms with Crippen molar-refractivity contribution in [1.82, 2.24) is 0 Å². The molecule has 0 aliphatic rings. The minimum absolute atomic E-state index is 0.156. The van der Waals surface area contributed by atoms with E-state index < -0.39 is 49.9 Å². The number of hydrogen-bond donors (Lipinski definition) is 1. The first-order valence-electron chi connectivity index (χ1n) is 6.38. The van der Waals surface area contributed by atoms with Crippen LogP contribution in [0.25, 0.3) is 0 Å². The van der Waals surface area contributed by atoms with Crippen LogP contribution in [0.15, 0.2) is 47.4 Å². The highest BCUT2D eigenvalue weighted by Gasteiger charge is 2.37. The molecule has 0 aliphatic carbocycles.